The molecule has 0 aliphatic carbocycles. The van der Waals surface area contributed by atoms with Gasteiger partial charge in [0.05, 0.1) is 35.0 Å². The molecule has 0 spiro atoms. The fourth-order valence-corrected chi connectivity index (χ4v) is 2.77. The SMILES string of the molecule is CCOCc1cc(C(=O)NCc2cc(OC)c(OC)c(OC)c2)ccc1OC. The summed E-state index contributed by atoms with van der Waals surface area (Å²) >= 11 is 0. The number of rotatable bonds is 10. The molecule has 0 heterocycles. The van der Waals surface area contributed by atoms with Crippen molar-refractivity contribution in [3.05, 3.63) is 47.0 Å². The minimum atomic E-state index is -0.200. The molecule has 152 valence electrons. The zero-order chi connectivity index (χ0) is 20.5. The second-order valence-corrected chi connectivity index (χ2v) is 5.88. The van der Waals surface area contributed by atoms with E-state index < -0.39 is 0 Å². The van der Waals surface area contributed by atoms with Crippen LogP contribution in [0.5, 0.6) is 23.0 Å². The summed E-state index contributed by atoms with van der Waals surface area (Å²) in [7, 11) is 6.24. The molecule has 0 fully saturated rings. The van der Waals surface area contributed by atoms with E-state index in [4.69, 9.17) is 23.7 Å². The van der Waals surface area contributed by atoms with E-state index >= 15 is 0 Å². The third kappa shape index (κ3) is 5.07. The van der Waals surface area contributed by atoms with Crippen LogP contribution in [0.1, 0.15) is 28.4 Å². The first kappa shape index (κ1) is 21.4. The van der Waals surface area contributed by atoms with Gasteiger partial charge in [-0.15, -0.1) is 0 Å². The molecule has 28 heavy (non-hydrogen) atoms. The quantitative estimate of drug-likeness (QED) is 0.673. The maximum absolute atomic E-state index is 12.6. The molecular weight excluding hydrogens is 362 g/mol. The average molecular weight is 389 g/mol. The normalized spacial score (nSPS) is 10.3. The van der Waals surface area contributed by atoms with Gasteiger partial charge in [0.15, 0.2) is 11.5 Å². The highest BCUT2D eigenvalue weighted by Gasteiger charge is 2.15. The van der Waals surface area contributed by atoms with Crippen molar-refractivity contribution in [3.8, 4) is 23.0 Å². The molecular formula is C21H27NO6. The van der Waals surface area contributed by atoms with Gasteiger partial charge in [-0.1, -0.05) is 0 Å². The summed E-state index contributed by atoms with van der Waals surface area (Å²) in [5.74, 6) is 2.07. The predicted molar refractivity (Wildman–Crippen MR) is 106 cm³/mol. The van der Waals surface area contributed by atoms with Gasteiger partial charge in [-0.25, -0.2) is 0 Å². The molecule has 0 saturated heterocycles. The molecule has 0 bridgehead atoms. The Morgan fingerprint density at radius 2 is 1.54 bits per heavy atom. The smallest absolute Gasteiger partial charge is 0.251 e. The van der Waals surface area contributed by atoms with Crippen molar-refractivity contribution >= 4 is 5.91 Å². The monoisotopic (exact) mass is 389 g/mol. The van der Waals surface area contributed by atoms with Gasteiger partial charge in [0, 0.05) is 24.3 Å². The molecule has 0 unspecified atom stereocenters. The summed E-state index contributed by atoms with van der Waals surface area (Å²) < 4.78 is 26.8. The van der Waals surface area contributed by atoms with E-state index in [0.29, 0.717) is 48.3 Å². The number of ether oxygens (including phenoxy) is 5. The first-order chi connectivity index (χ1) is 13.6. The van der Waals surface area contributed by atoms with Crippen LogP contribution in [0.2, 0.25) is 0 Å². The minimum absolute atomic E-state index is 0.200. The Bertz CT molecular complexity index is 780. The van der Waals surface area contributed by atoms with Crippen LogP contribution in [0.4, 0.5) is 0 Å². The van der Waals surface area contributed by atoms with Crippen molar-refractivity contribution < 1.29 is 28.5 Å². The zero-order valence-corrected chi connectivity index (χ0v) is 17.0. The number of methoxy groups -OCH3 is 4. The van der Waals surface area contributed by atoms with E-state index in [1.165, 1.54) is 0 Å². The first-order valence-electron chi connectivity index (χ1n) is 8.89. The standard InChI is InChI=1S/C21H27NO6/c1-6-28-13-16-11-15(7-8-17(16)24-2)21(23)22-12-14-9-18(25-3)20(27-5)19(10-14)26-4/h7-11H,6,12-13H2,1-5H3,(H,22,23). The van der Waals surface area contributed by atoms with Crippen LogP contribution in [0, 0.1) is 0 Å². The third-order valence-corrected chi connectivity index (χ3v) is 4.18. The van der Waals surface area contributed by atoms with E-state index in [1.807, 2.05) is 6.92 Å². The van der Waals surface area contributed by atoms with Crippen molar-refractivity contribution in [1.29, 1.82) is 0 Å². The van der Waals surface area contributed by atoms with E-state index in [2.05, 4.69) is 5.32 Å². The van der Waals surface area contributed by atoms with Gasteiger partial charge in [-0.05, 0) is 42.8 Å². The van der Waals surface area contributed by atoms with E-state index in [0.717, 1.165) is 11.1 Å². The highest BCUT2D eigenvalue weighted by molar-refractivity contribution is 5.94. The lowest BCUT2D eigenvalue weighted by Gasteiger charge is -2.15. The van der Waals surface area contributed by atoms with Gasteiger partial charge in [0.2, 0.25) is 5.75 Å². The summed E-state index contributed by atoms with van der Waals surface area (Å²) in [6.45, 7) is 3.19. The van der Waals surface area contributed by atoms with Gasteiger partial charge in [0.1, 0.15) is 5.75 Å². The fourth-order valence-electron chi connectivity index (χ4n) is 2.77. The lowest BCUT2D eigenvalue weighted by atomic mass is 10.1. The van der Waals surface area contributed by atoms with Crippen LogP contribution in [0.15, 0.2) is 30.3 Å². The summed E-state index contributed by atoms with van der Waals surface area (Å²) in [5.41, 5.74) is 2.18. The highest BCUT2D eigenvalue weighted by Crippen LogP contribution is 2.38. The van der Waals surface area contributed by atoms with Gasteiger partial charge in [0.25, 0.3) is 5.91 Å². The second kappa shape index (κ2) is 10.4. The fraction of sp³-hybridized carbons (Fsp3) is 0.381. The number of benzene rings is 2. The summed E-state index contributed by atoms with van der Waals surface area (Å²) in [6, 6.07) is 8.87. The Balaban J connectivity index is 2.15. The van der Waals surface area contributed by atoms with Crippen LogP contribution in [0.25, 0.3) is 0 Å². The van der Waals surface area contributed by atoms with Gasteiger partial charge in [-0.2, -0.15) is 0 Å². The van der Waals surface area contributed by atoms with E-state index in [-0.39, 0.29) is 5.91 Å². The summed E-state index contributed by atoms with van der Waals surface area (Å²) in [6.07, 6.45) is 0. The van der Waals surface area contributed by atoms with Crippen molar-refractivity contribution in [1.82, 2.24) is 5.32 Å². The van der Waals surface area contributed by atoms with Gasteiger partial charge >= 0.3 is 0 Å². The molecule has 0 atom stereocenters. The molecule has 2 aromatic carbocycles. The molecule has 7 nitrogen and oxygen atoms in total. The Morgan fingerprint density at radius 1 is 0.893 bits per heavy atom. The molecule has 0 radical (unpaired) electrons. The van der Waals surface area contributed by atoms with Crippen LogP contribution in [-0.4, -0.2) is 41.0 Å². The van der Waals surface area contributed by atoms with Crippen molar-refractivity contribution in [3.63, 3.8) is 0 Å². The van der Waals surface area contributed by atoms with Crippen LogP contribution < -0.4 is 24.3 Å². The van der Waals surface area contributed by atoms with Gasteiger partial charge in [-0.3, -0.25) is 4.79 Å². The number of nitrogens with one attached hydrogen (secondary N) is 1. The first-order valence-corrected chi connectivity index (χ1v) is 8.89. The molecule has 0 saturated carbocycles. The lowest BCUT2D eigenvalue weighted by molar-refractivity contribution is 0.0950. The Morgan fingerprint density at radius 3 is 2.07 bits per heavy atom. The zero-order valence-electron chi connectivity index (χ0n) is 17.0. The molecule has 7 heteroatoms. The maximum Gasteiger partial charge on any atom is 0.251 e. The van der Waals surface area contributed by atoms with E-state index in [1.54, 1.807) is 58.8 Å². The number of carbonyl (C=O) groups is 1. The Kier molecular flexibility index (Phi) is 7.95. The van der Waals surface area contributed by atoms with Crippen molar-refractivity contribution in [2.24, 2.45) is 0 Å². The molecule has 1 amide bonds. The molecule has 0 aliphatic rings. The Labute approximate surface area is 165 Å². The topological polar surface area (TPSA) is 75.3 Å². The number of hydrogen-bond donors (Lipinski definition) is 1. The number of amides is 1. The van der Waals surface area contributed by atoms with Crippen molar-refractivity contribution in [2.75, 3.05) is 35.0 Å². The molecule has 0 aliphatic heterocycles. The second-order valence-electron chi connectivity index (χ2n) is 5.88. The van der Waals surface area contributed by atoms with Crippen LogP contribution in [0.3, 0.4) is 0 Å². The van der Waals surface area contributed by atoms with Crippen LogP contribution >= 0.6 is 0 Å². The molecule has 1 N–H and O–H groups in total. The van der Waals surface area contributed by atoms with Gasteiger partial charge < -0.3 is 29.0 Å². The van der Waals surface area contributed by atoms with Crippen molar-refractivity contribution in [2.45, 2.75) is 20.1 Å². The lowest BCUT2D eigenvalue weighted by Crippen LogP contribution is -2.23. The minimum Gasteiger partial charge on any atom is -0.496 e. The molecule has 2 aromatic rings. The largest absolute Gasteiger partial charge is 0.496 e. The van der Waals surface area contributed by atoms with Crippen LogP contribution in [-0.2, 0) is 17.9 Å². The predicted octanol–water partition coefficient (Wildman–Crippen LogP) is 3.19. The summed E-state index contributed by atoms with van der Waals surface area (Å²) in [4.78, 5) is 12.6. The summed E-state index contributed by atoms with van der Waals surface area (Å²) in [5, 5.41) is 2.90. The van der Waals surface area contributed by atoms with E-state index in [9.17, 15) is 4.79 Å². The maximum atomic E-state index is 12.6. The Hall–Kier alpha value is -2.93. The third-order valence-electron chi connectivity index (χ3n) is 4.18. The molecule has 0 aromatic heterocycles. The number of carbonyl (C=O) groups excluding carboxylic acids is 1. The average Bonchev–Trinajstić information content (AvgIpc) is 2.74. The number of hydrogen-bond acceptors (Lipinski definition) is 6. The molecule has 2 rings (SSSR count). The highest BCUT2D eigenvalue weighted by atomic mass is 16.5.